The third-order valence-corrected chi connectivity index (χ3v) is 6.92. The summed E-state index contributed by atoms with van der Waals surface area (Å²) in [5.74, 6) is -4.93. The molecule has 1 saturated heterocycles. The van der Waals surface area contributed by atoms with Crippen LogP contribution < -0.4 is 5.32 Å². The molecule has 1 heterocycles. The number of halogens is 2. The van der Waals surface area contributed by atoms with Crippen LogP contribution in [0.2, 0.25) is 0 Å². The standard InChI is InChI=1S/C21H32F2N2O5/c1-19(2,3)30-18(29)24-14(11-6-8-21(22,23)9-7-11)16(26)25-10-12-13(20(12,4)5)15(25)17(27)28/h11-15H,6-10H2,1-5H3,(H,24,29)(H,27,28)/t12-,13?,14?,15?/m0/s1. The van der Waals surface area contributed by atoms with Crippen LogP contribution in [0.1, 0.15) is 60.3 Å². The Kier molecular flexibility index (Phi) is 5.56. The first-order chi connectivity index (χ1) is 13.6. The summed E-state index contributed by atoms with van der Waals surface area (Å²) in [5.41, 5.74) is -0.943. The van der Waals surface area contributed by atoms with Crippen LogP contribution in [0, 0.1) is 23.2 Å². The molecule has 2 amide bonds. The first-order valence-corrected chi connectivity index (χ1v) is 10.5. The molecule has 30 heavy (non-hydrogen) atoms. The number of hydrogen-bond acceptors (Lipinski definition) is 4. The van der Waals surface area contributed by atoms with Gasteiger partial charge in [-0.05, 0) is 50.9 Å². The number of hydrogen-bond donors (Lipinski definition) is 2. The van der Waals surface area contributed by atoms with Crippen LogP contribution in [0.3, 0.4) is 0 Å². The maximum absolute atomic E-state index is 13.7. The molecule has 3 unspecified atom stereocenters. The largest absolute Gasteiger partial charge is 0.480 e. The summed E-state index contributed by atoms with van der Waals surface area (Å²) in [4.78, 5) is 39.0. The van der Waals surface area contributed by atoms with Crippen LogP contribution in [0.25, 0.3) is 0 Å². The zero-order valence-corrected chi connectivity index (χ0v) is 18.2. The number of amides is 2. The van der Waals surface area contributed by atoms with Crippen molar-refractivity contribution in [2.45, 2.75) is 83.9 Å². The number of alkyl halides is 2. The number of fused-ring (bicyclic) bond motifs is 1. The summed E-state index contributed by atoms with van der Waals surface area (Å²) in [6.45, 7) is 9.31. The molecule has 0 radical (unpaired) electrons. The highest BCUT2D eigenvalue weighted by Crippen LogP contribution is 2.65. The van der Waals surface area contributed by atoms with Gasteiger partial charge in [-0.1, -0.05) is 13.8 Å². The number of nitrogens with one attached hydrogen (secondary N) is 1. The normalized spacial score (nSPS) is 30.9. The molecule has 170 valence electrons. The van der Waals surface area contributed by atoms with Crippen LogP contribution in [0.5, 0.6) is 0 Å². The average molecular weight is 430 g/mol. The van der Waals surface area contributed by atoms with Crippen molar-refractivity contribution in [1.29, 1.82) is 0 Å². The van der Waals surface area contributed by atoms with Gasteiger partial charge in [0.25, 0.3) is 0 Å². The minimum Gasteiger partial charge on any atom is -0.480 e. The zero-order chi connectivity index (χ0) is 22.6. The molecule has 3 rings (SSSR count). The Hall–Kier alpha value is -1.93. The molecule has 2 aliphatic carbocycles. The summed E-state index contributed by atoms with van der Waals surface area (Å²) in [6, 6.07) is -2.05. The van der Waals surface area contributed by atoms with E-state index in [9.17, 15) is 28.3 Å². The van der Waals surface area contributed by atoms with E-state index in [0.717, 1.165) is 0 Å². The molecule has 2 N–H and O–H groups in total. The Morgan fingerprint density at radius 1 is 1.17 bits per heavy atom. The van der Waals surface area contributed by atoms with Crippen molar-refractivity contribution >= 4 is 18.0 Å². The van der Waals surface area contributed by atoms with Gasteiger partial charge in [-0.15, -0.1) is 0 Å². The van der Waals surface area contributed by atoms with Crippen LogP contribution in [0.15, 0.2) is 0 Å². The lowest BCUT2D eigenvalue weighted by Crippen LogP contribution is -2.57. The van der Waals surface area contributed by atoms with E-state index in [2.05, 4.69) is 5.32 Å². The van der Waals surface area contributed by atoms with Gasteiger partial charge in [-0.3, -0.25) is 4.79 Å². The molecule has 2 saturated carbocycles. The second-order valence-electron chi connectivity index (χ2n) is 10.5. The van der Waals surface area contributed by atoms with Crippen LogP contribution >= 0.6 is 0 Å². The van der Waals surface area contributed by atoms with Crippen molar-refractivity contribution < 1.29 is 33.0 Å². The van der Waals surface area contributed by atoms with Gasteiger partial charge in [0.05, 0.1) is 0 Å². The summed E-state index contributed by atoms with van der Waals surface area (Å²) >= 11 is 0. The Labute approximate surface area is 175 Å². The summed E-state index contributed by atoms with van der Waals surface area (Å²) in [6.07, 6.45) is -1.39. The number of nitrogens with zero attached hydrogens (tertiary/aromatic N) is 1. The van der Waals surface area contributed by atoms with E-state index in [4.69, 9.17) is 4.74 Å². The van der Waals surface area contributed by atoms with Gasteiger partial charge in [0, 0.05) is 25.3 Å². The second kappa shape index (κ2) is 7.34. The van der Waals surface area contributed by atoms with Crippen molar-refractivity contribution in [3.8, 4) is 0 Å². The number of aliphatic carboxylic acids is 1. The Morgan fingerprint density at radius 3 is 2.23 bits per heavy atom. The summed E-state index contributed by atoms with van der Waals surface area (Å²) in [7, 11) is 0. The summed E-state index contributed by atoms with van der Waals surface area (Å²) in [5, 5.41) is 12.3. The SMILES string of the molecule is CC(C)(C)OC(=O)NC(C(=O)N1C[C@H]2C(C1C(=O)O)C2(C)C)C1CCC(F)(F)CC1. The van der Waals surface area contributed by atoms with Crippen LogP contribution in [-0.4, -0.2) is 58.1 Å². The number of carbonyl (C=O) groups is 3. The number of carboxylic acid groups (broad SMARTS) is 1. The lowest BCUT2D eigenvalue weighted by molar-refractivity contribution is -0.152. The van der Waals surface area contributed by atoms with Crippen molar-refractivity contribution in [1.82, 2.24) is 10.2 Å². The number of carbonyl (C=O) groups excluding carboxylic acids is 2. The van der Waals surface area contributed by atoms with E-state index in [1.165, 1.54) is 4.90 Å². The van der Waals surface area contributed by atoms with Gasteiger partial charge in [0.15, 0.2) is 0 Å². The molecule has 3 fully saturated rings. The van der Waals surface area contributed by atoms with E-state index in [1.807, 2.05) is 13.8 Å². The third-order valence-electron chi connectivity index (χ3n) is 6.92. The maximum Gasteiger partial charge on any atom is 0.408 e. The molecule has 9 heteroatoms. The highest BCUT2D eigenvalue weighted by atomic mass is 19.3. The van der Waals surface area contributed by atoms with E-state index in [0.29, 0.717) is 6.54 Å². The second-order valence-corrected chi connectivity index (χ2v) is 10.5. The average Bonchev–Trinajstić information content (AvgIpc) is 2.93. The number of rotatable bonds is 4. The Morgan fingerprint density at radius 2 is 1.73 bits per heavy atom. The van der Waals surface area contributed by atoms with Gasteiger partial charge >= 0.3 is 12.1 Å². The monoisotopic (exact) mass is 430 g/mol. The van der Waals surface area contributed by atoms with E-state index >= 15 is 0 Å². The highest BCUT2D eigenvalue weighted by molar-refractivity contribution is 5.91. The van der Waals surface area contributed by atoms with Gasteiger partial charge in [-0.25, -0.2) is 18.4 Å². The number of piperidine rings is 1. The molecule has 3 aliphatic rings. The molecule has 0 aromatic carbocycles. The molecule has 0 aromatic rings. The number of carboxylic acids is 1. The van der Waals surface area contributed by atoms with Gasteiger partial charge in [-0.2, -0.15) is 0 Å². The zero-order valence-electron chi connectivity index (χ0n) is 18.2. The molecule has 4 atom stereocenters. The molecule has 1 aliphatic heterocycles. The van der Waals surface area contributed by atoms with Crippen molar-refractivity contribution in [3.05, 3.63) is 0 Å². The molecular formula is C21H32F2N2O5. The van der Waals surface area contributed by atoms with E-state index in [-0.39, 0.29) is 42.9 Å². The fourth-order valence-corrected chi connectivity index (χ4v) is 5.19. The van der Waals surface area contributed by atoms with Crippen molar-refractivity contribution in [2.24, 2.45) is 23.2 Å². The van der Waals surface area contributed by atoms with Crippen LogP contribution in [0.4, 0.5) is 13.6 Å². The van der Waals surface area contributed by atoms with Gasteiger partial charge in [0.2, 0.25) is 11.8 Å². The maximum atomic E-state index is 13.7. The van der Waals surface area contributed by atoms with Crippen LogP contribution in [-0.2, 0) is 14.3 Å². The van der Waals surface area contributed by atoms with Gasteiger partial charge in [0.1, 0.15) is 17.7 Å². The number of likely N-dealkylation sites (tertiary alicyclic amines) is 1. The van der Waals surface area contributed by atoms with Gasteiger partial charge < -0.3 is 20.1 Å². The molecule has 0 spiro atoms. The molecule has 7 nitrogen and oxygen atoms in total. The third kappa shape index (κ3) is 4.39. The fourth-order valence-electron chi connectivity index (χ4n) is 5.19. The number of alkyl carbamates (subject to hydrolysis) is 1. The Bertz CT molecular complexity index is 723. The topological polar surface area (TPSA) is 95.9 Å². The van der Waals surface area contributed by atoms with E-state index < -0.39 is 47.5 Å². The van der Waals surface area contributed by atoms with Crippen molar-refractivity contribution in [2.75, 3.05) is 6.54 Å². The first kappa shape index (κ1) is 22.7. The minimum absolute atomic E-state index is 0.0726. The number of ether oxygens (including phenoxy) is 1. The summed E-state index contributed by atoms with van der Waals surface area (Å²) < 4.78 is 32.6. The smallest absolute Gasteiger partial charge is 0.408 e. The quantitative estimate of drug-likeness (QED) is 0.714. The highest BCUT2D eigenvalue weighted by Gasteiger charge is 2.70. The van der Waals surface area contributed by atoms with E-state index in [1.54, 1.807) is 20.8 Å². The minimum atomic E-state index is -2.78. The predicted molar refractivity (Wildman–Crippen MR) is 104 cm³/mol. The molecule has 0 aromatic heterocycles. The first-order valence-electron chi connectivity index (χ1n) is 10.5. The lowest BCUT2D eigenvalue weighted by Gasteiger charge is -2.37. The van der Waals surface area contributed by atoms with Crippen molar-refractivity contribution in [3.63, 3.8) is 0 Å². The Balaban J connectivity index is 1.80. The predicted octanol–water partition coefficient (Wildman–Crippen LogP) is 3.27. The molecular weight excluding hydrogens is 398 g/mol. The lowest BCUT2D eigenvalue weighted by atomic mass is 9.81. The fraction of sp³-hybridized carbons (Fsp3) is 0.857. The molecule has 0 bridgehead atoms.